The van der Waals surface area contributed by atoms with Crippen LogP contribution >= 0.6 is 7.82 Å². The number of phosphoric ester groups is 1. The van der Waals surface area contributed by atoms with Gasteiger partial charge in [0.25, 0.3) is 0 Å². The van der Waals surface area contributed by atoms with Gasteiger partial charge in [-0.15, -0.1) is 0 Å². The first-order valence-corrected chi connectivity index (χ1v) is 7.29. The lowest BCUT2D eigenvalue weighted by Gasteiger charge is -2.25. The number of hydrogen-bond acceptors (Lipinski definition) is 6. The molecule has 7 heteroatoms. The molecule has 0 amide bonds. The van der Waals surface area contributed by atoms with Gasteiger partial charge in [-0.05, 0) is 26.2 Å². The van der Waals surface area contributed by atoms with Crippen LogP contribution in [0, 0.1) is 0 Å². The van der Waals surface area contributed by atoms with E-state index in [9.17, 15) is 9.36 Å². The minimum atomic E-state index is -3.59. The Hall–Kier alpha value is -0.680. The fourth-order valence-corrected chi connectivity index (χ4v) is 2.55. The Bertz CT molecular complexity index is 357. The average molecular weight is 278 g/mol. The second-order valence-corrected chi connectivity index (χ2v) is 5.55. The maximum atomic E-state index is 11.9. The predicted octanol–water partition coefficient (Wildman–Crippen LogP) is 2.45. The fraction of sp³-hybridized carbons (Fsp3) is 0.727. The monoisotopic (exact) mass is 278 g/mol. The molecular weight excluding hydrogens is 259 g/mol. The van der Waals surface area contributed by atoms with Crippen molar-refractivity contribution in [3.8, 4) is 0 Å². The summed E-state index contributed by atoms with van der Waals surface area (Å²) in [5.41, 5.74) is 0.387. The van der Waals surface area contributed by atoms with Crippen LogP contribution in [0.3, 0.4) is 0 Å². The molecule has 0 radical (unpaired) electrons. The molecule has 1 rings (SSSR count). The molecule has 0 saturated carbocycles. The summed E-state index contributed by atoms with van der Waals surface area (Å²) >= 11 is 0. The molecule has 0 bridgehead atoms. The third-order valence-electron chi connectivity index (χ3n) is 2.60. The van der Waals surface area contributed by atoms with E-state index in [2.05, 4.69) is 0 Å². The summed E-state index contributed by atoms with van der Waals surface area (Å²) < 4.78 is 31.6. The zero-order chi connectivity index (χ0) is 13.6. The molecule has 0 aromatic carbocycles. The molecule has 0 aromatic heterocycles. The van der Waals surface area contributed by atoms with Gasteiger partial charge in [0, 0.05) is 14.2 Å². The molecular formula is C11H19O6P. The van der Waals surface area contributed by atoms with Gasteiger partial charge in [0.1, 0.15) is 6.10 Å². The van der Waals surface area contributed by atoms with Gasteiger partial charge in [-0.2, -0.15) is 0 Å². The van der Waals surface area contributed by atoms with E-state index in [0.29, 0.717) is 12.0 Å². The molecule has 0 aromatic rings. The summed E-state index contributed by atoms with van der Waals surface area (Å²) in [6.45, 7) is 2.02. The molecule has 1 atom stereocenters. The molecule has 0 saturated heterocycles. The van der Waals surface area contributed by atoms with Crippen molar-refractivity contribution in [1.29, 1.82) is 0 Å². The van der Waals surface area contributed by atoms with Gasteiger partial charge in [0.2, 0.25) is 0 Å². The normalized spacial score (nSPS) is 20.4. The van der Waals surface area contributed by atoms with E-state index in [1.165, 1.54) is 14.2 Å². The predicted molar refractivity (Wildman–Crippen MR) is 65.1 cm³/mol. The number of esters is 1. The van der Waals surface area contributed by atoms with Crippen molar-refractivity contribution in [3.63, 3.8) is 0 Å². The van der Waals surface area contributed by atoms with Crippen LogP contribution in [0.4, 0.5) is 0 Å². The molecule has 18 heavy (non-hydrogen) atoms. The maximum absolute atomic E-state index is 11.9. The average Bonchev–Trinajstić information content (AvgIpc) is 2.39. The summed E-state index contributed by atoms with van der Waals surface area (Å²) in [6, 6.07) is 0. The van der Waals surface area contributed by atoms with Crippen molar-refractivity contribution in [2.24, 2.45) is 0 Å². The molecule has 104 valence electrons. The Morgan fingerprint density at radius 1 is 1.44 bits per heavy atom. The highest BCUT2D eigenvalue weighted by molar-refractivity contribution is 7.48. The first-order chi connectivity index (χ1) is 8.56. The van der Waals surface area contributed by atoms with Gasteiger partial charge in [0.15, 0.2) is 0 Å². The van der Waals surface area contributed by atoms with Crippen LogP contribution in [-0.2, 0) is 27.7 Å². The zero-order valence-electron chi connectivity index (χ0n) is 10.9. The number of hydrogen-bond donors (Lipinski definition) is 0. The standard InChI is InChI=1S/C11H19O6P/c1-4-16-11(12)9-7-5-6-8-10(9)17-18(13,14-2)15-3/h7,10H,4-6,8H2,1-3H3. The second-order valence-electron chi connectivity index (χ2n) is 3.72. The number of carbonyl (C=O) groups excluding carboxylic acids is 1. The maximum Gasteiger partial charge on any atom is 0.474 e. The van der Waals surface area contributed by atoms with Crippen molar-refractivity contribution in [2.45, 2.75) is 32.3 Å². The van der Waals surface area contributed by atoms with E-state index < -0.39 is 19.9 Å². The van der Waals surface area contributed by atoms with E-state index in [1.807, 2.05) is 0 Å². The Morgan fingerprint density at radius 2 is 2.11 bits per heavy atom. The zero-order valence-corrected chi connectivity index (χ0v) is 11.8. The highest BCUT2D eigenvalue weighted by Gasteiger charge is 2.34. The minimum absolute atomic E-state index is 0.287. The van der Waals surface area contributed by atoms with Gasteiger partial charge in [-0.1, -0.05) is 6.08 Å². The second kappa shape index (κ2) is 7.04. The molecule has 0 heterocycles. The smallest absolute Gasteiger partial charge is 0.463 e. The SMILES string of the molecule is CCOC(=O)C1=CCCCC1OP(=O)(OC)OC. The molecule has 0 aliphatic heterocycles. The van der Waals surface area contributed by atoms with Crippen LogP contribution in [0.15, 0.2) is 11.6 Å². The van der Waals surface area contributed by atoms with Gasteiger partial charge in [-0.25, -0.2) is 9.36 Å². The summed E-state index contributed by atoms with van der Waals surface area (Å²) in [5.74, 6) is -0.444. The largest absolute Gasteiger partial charge is 0.474 e. The Morgan fingerprint density at radius 3 is 2.67 bits per heavy atom. The van der Waals surface area contributed by atoms with Crippen LogP contribution in [-0.4, -0.2) is 32.9 Å². The number of rotatable bonds is 6. The highest BCUT2D eigenvalue weighted by atomic mass is 31.2. The van der Waals surface area contributed by atoms with Crippen LogP contribution in [0.5, 0.6) is 0 Å². The van der Waals surface area contributed by atoms with Crippen LogP contribution < -0.4 is 0 Å². The molecule has 6 nitrogen and oxygen atoms in total. The Kier molecular flexibility index (Phi) is 6.02. The first-order valence-electron chi connectivity index (χ1n) is 5.83. The van der Waals surface area contributed by atoms with Crippen molar-refractivity contribution in [2.75, 3.05) is 20.8 Å². The lowest BCUT2D eigenvalue weighted by Crippen LogP contribution is -2.25. The summed E-state index contributed by atoms with van der Waals surface area (Å²) in [6.07, 6.45) is 3.35. The minimum Gasteiger partial charge on any atom is -0.463 e. The summed E-state index contributed by atoms with van der Waals surface area (Å²) in [4.78, 5) is 11.7. The number of allylic oxidation sites excluding steroid dienone is 1. The number of ether oxygens (including phenoxy) is 1. The van der Waals surface area contributed by atoms with Crippen molar-refractivity contribution in [3.05, 3.63) is 11.6 Å². The van der Waals surface area contributed by atoms with E-state index in [-0.39, 0.29) is 6.61 Å². The van der Waals surface area contributed by atoms with Gasteiger partial charge < -0.3 is 4.74 Å². The van der Waals surface area contributed by atoms with Gasteiger partial charge in [0.05, 0.1) is 12.2 Å². The van der Waals surface area contributed by atoms with Crippen molar-refractivity contribution < 1.29 is 27.7 Å². The first kappa shape index (κ1) is 15.4. The van der Waals surface area contributed by atoms with Crippen molar-refractivity contribution >= 4 is 13.8 Å². The molecule has 0 spiro atoms. The number of phosphoric acid groups is 1. The molecule has 1 unspecified atom stereocenters. The van der Waals surface area contributed by atoms with Crippen LogP contribution in [0.25, 0.3) is 0 Å². The van der Waals surface area contributed by atoms with E-state index in [4.69, 9.17) is 18.3 Å². The number of carbonyl (C=O) groups is 1. The fourth-order valence-electron chi connectivity index (χ4n) is 1.70. The molecule has 0 fully saturated rings. The van der Waals surface area contributed by atoms with E-state index >= 15 is 0 Å². The lowest BCUT2D eigenvalue weighted by atomic mass is 9.97. The van der Waals surface area contributed by atoms with Crippen LogP contribution in [0.2, 0.25) is 0 Å². The van der Waals surface area contributed by atoms with Crippen LogP contribution in [0.1, 0.15) is 26.2 Å². The lowest BCUT2D eigenvalue weighted by molar-refractivity contribution is -0.139. The molecule has 1 aliphatic rings. The van der Waals surface area contributed by atoms with E-state index in [1.54, 1.807) is 13.0 Å². The highest BCUT2D eigenvalue weighted by Crippen LogP contribution is 2.50. The Balaban J connectivity index is 2.79. The topological polar surface area (TPSA) is 71.1 Å². The quantitative estimate of drug-likeness (QED) is 0.549. The summed E-state index contributed by atoms with van der Waals surface area (Å²) in [7, 11) is -1.12. The third-order valence-corrected chi connectivity index (χ3v) is 4.00. The van der Waals surface area contributed by atoms with Crippen molar-refractivity contribution in [1.82, 2.24) is 0 Å². The van der Waals surface area contributed by atoms with E-state index in [0.717, 1.165) is 12.8 Å². The Labute approximate surface area is 107 Å². The van der Waals surface area contributed by atoms with Gasteiger partial charge in [-0.3, -0.25) is 13.6 Å². The molecule has 0 N–H and O–H groups in total. The summed E-state index contributed by atoms with van der Waals surface area (Å²) in [5, 5.41) is 0. The molecule has 1 aliphatic carbocycles. The van der Waals surface area contributed by atoms with Gasteiger partial charge >= 0.3 is 13.8 Å². The third kappa shape index (κ3) is 3.92.